The highest BCUT2D eigenvalue weighted by molar-refractivity contribution is 6.04. The van der Waals surface area contributed by atoms with E-state index < -0.39 is 0 Å². The number of nitrogens with one attached hydrogen (secondary N) is 2. The number of rotatable bonds is 8. The van der Waals surface area contributed by atoms with Crippen LogP contribution in [0.5, 0.6) is 0 Å². The molecule has 0 aliphatic rings. The fourth-order valence-corrected chi connectivity index (χ4v) is 2.82. The molecule has 0 radical (unpaired) electrons. The molecule has 2 amide bonds. The van der Waals surface area contributed by atoms with Crippen LogP contribution in [0.4, 0.5) is 11.4 Å². The summed E-state index contributed by atoms with van der Waals surface area (Å²) in [7, 11) is 3.90. The van der Waals surface area contributed by atoms with Crippen LogP contribution in [0.3, 0.4) is 0 Å². The first-order chi connectivity index (χ1) is 14.5. The molecule has 154 valence electrons. The molecule has 0 aromatic heterocycles. The van der Waals surface area contributed by atoms with Crippen LogP contribution >= 0.6 is 0 Å². The average Bonchev–Trinajstić information content (AvgIpc) is 2.76. The van der Waals surface area contributed by atoms with Gasteiger partial charge < -0.3 is 10.2 Å². The van der Waals surface area contributed by atoms with E-state index in [4.69, 9.17) is 4.84 Å². The first kappa shape index (κ1) is 21.1. The molecular formula is C24H25N3O3. The Morgan fingerprint density at radius 3 is 2.13 bits per heavy atom. The van der Waals surface area contributed by atoms with Crippen LogP contribution in [0.25, 0.3) is 0 Å². The summed E-state index contributed by atoms with van der Waals surface area (Å²) >= 11 is 0. The summed E-state index contributed by atoms with van der Waals surface area (Å²) < 4.78 is 0. The van der Waals surface area contributed by atoms with Gasteiger partial charge in [0, 0.05) is 31.0 Å². The number of hydrogen-bond acceptors (Lipinski definition) is 4. The minimum absolute atomic E-state index is 0.180. The van der Waals surface area contributed by atoms with Crippen molar-refractivity contribution in [3.8, 4) is 0 Å². The van der Waals surface area contributed by atoms with Gasteiger partial charge >= 0.3 is 0 Å². The summed E-state index contributed by atoms with van der Waals surface area (Å²) in [6.07, 6.45) is 0.189. The topological polar surface area (TPSA) is 70.7 Å². The number of anilines is 2. The highest BCUT2D eigenvalue weighted by Gasteiger charge is 2.08. The number of hydrogen-bond donors (Lipinski definition) is 2. The third-order valence-electron chi connectivity index (χ3n) is 4.49. The zero-order chi connectivity index (χ0) is 21.3. The molecule has 0 fully saturated rings. The fourth-order valence-electron chi connectivity index (χ4n) is 2.82. The van der Waals surface area contributed by atoms with Crippen LogP contribution in [0.15, 0.2) is 78.9 Å². The van der Waals surface area contributed by atoms with Crippen LogP contribution in [0.2, 0.25) is 0 Å². The zero-order valence-corrected chi connectivity index (χ0v) is 17.1. The molecule has 3 rings (SSSR count). The van der Waals surface area contributed by atoms with Crippen molar-refractivity contribution in [1.29, 1.82) is 0 Å². The van der Waals surface area contributed by atoms with E-state index in [1.165, 1.54) is 0 Å². The van der Waals surface area contributed by atoms with E-state index in [0.29, 0.717) is 17.9 Å². The lowest BCUT2D eigenvalue weighted by Crippen LogP contribution is -2.25. The Kier molecular flexibility index (Phi) is 7.19. The number of hydroxylamine groups is 1. The van der Waals surface area contributed by atoms with E-state index >= 15 is 0 Å². The number of carbonyl (C=O) groups is 2. The smallest absolute Gasteiger partial charge is 0.255 e. The van der Waals surface area contributed by atoms with Gasteiger partial charge in [-0.3, -0.25) is 14.4 Å². The number of amides is 2. The Bertz CT molecular complexity index is 969. The van der Waals surface area contributed by atoms with Gasteiger partial charge in [-0.15, -0.1) is 0 Å². The minimum atomic E-state index is -0.233. The molecule has 0 saturated heterocycles. The summed E-state index contributed by atoms with van der Waals surface area (Å²) in [5, 5.41) is 2.86. The molecule has 6 heteroatoms. The largest absolute Gasteiger partial charge is 0.378 e. The van der Waals surface area contributed by atoms with Crippen molar-refractivity contribution in [2.45, 2.75) is 13.0 Å². The van der Waals surface area contributed by atoms with Crippen LogP contribution < -0.4 is 15.7 Å². The van der Waals surface area contributed by atoms with Gasteiger partial charge in [-0.05, 0) is 47.5 Å². The van der Waals surface area contributed by atoms with Gasteiger partial charge in [-0.25, -0.2) is 5.48 Å². The van der Waals surface area contributed by atoms with Crippen molar-refractivity contribution < 1.29 is 14.4 Å². The van der Waals surface area contributed by atoms with E-state index in [2.05, 4.69) is 10.8 Å². The van der Waals surface area contributed by atoms with Gasteiger partial charge in [0.2, 0.25) is 5.91 Å². The monoisotopic (exact) mass is 403 g/mol. The van der Waals surface area contributed by atoms with Crippen LogP contribution in [-0.4, -0.2) is 25.9 Å². The molecule has 0 bridgehead atoms. The highest BCUT2D eigenvalue weighted by atomic mass is 16.6. The van der Waals surface area contributed by atoms with E-state index in [-0.39, 0.29) is 18.2 Å². The molecule has 0 unspecified atom stereocenters. The van der Waals surface area contributed by atoms with Crippen molar-refractivity contribution in [3.63, 3.8) is 0 Å². The minimum Gasteiger partial charge on any atom is -0.378 e. The quantitative estimate of drug-likeness (QED) is 0.562. The lowest BCUT2D eigenvalue weighted by Gasteiger charge is -2.12. The predicted molar refractivity (Wildman–Crippen MR) is 118 cm³/mol. The summed E-state index contributed by atoms with van der Waals surface area (Å²) in [5.74, 6) is -0.413. The molecule has 3 aromatic rings. The Morgan fingerprint density at radius 1 is 0.833 bits per heavy atom. The molecule has 0 aliphatic heterocycles. The molecular weight excluding hydrogens is 378 g/mol. The van der Waals surface area contributed by atoms with Crippen molar-refractivity contribution in [3.05, 3.63) is 95.6 Å². The van der Waals surface area contributed by atoms with E-state index in [1.54, 1.807) is 24.3 Å². The lowest BCUT2D eigenvalue weighted by molar-refractivity contribution is -0.133. The summed E-state index contributed by atoms with van der Waals surface area (Å²) in [6.45, 7) is 0.313. The van der Waals surface area contributed by atoms with Gasteiger partial charge in [-0.1, -0.05) is 42.5 Å². The Morgan fingerprint density at radius 2 is 1.50 bits per heavy atom. The third kappa shape index (κ3) is 6.18. The molecule has 0 atom stereocenters. The maximum absolute atomic E-state index is 12.4. The average molecular weight is 403 g/mol. The number of nitrogens with zero attached hydrogens (tertiary/aromatic N) is 1. The van der Waals surface area contributed by atoms with Crippen LogP contribution in [-0.2, 0) is 22.7 Å². The SMILES string of the molecule is CN(C)c1ccc(C(=O)Nc2ccc(CC(=O)NOCc3ccccc3)cc2)cc1. The zero-order valence-electron chi connectivity index (χ0n) is 17.1. The first-order valence-corrected chi connectivity index (χ1v) is 9.63. The van der Waals surface area contributed by atoms with Crippen LogP contribution in [0.1, 0.15) is 21.5 Å². The summed E-state index contributed by atoms with van der Waals surface area (Å²) in [6, 6.07) is 24.2. The van der Waals surface area contributed by atoms with Gasteiger partial charge in [0.05, 0.1) is 13.0 Å². The number of benzene rings is 3. The molecule has 2 N–H and O–H groups in total. The highest BCUT2D eigenvalue weighted by Crippen LogP contribution is 2.15. The van der Waals surface area contributed by atoms with Gasteiger partial charge in [0.1, 0.15) is 0 Å². The van der Waals surface area contributed by atoms with E-state index in [9.17, 15) is 9.59 Å². The normalized spacial score (nSPS) is 10.3. The maximum Gasteiger partial charge on any atom is 0.255 e. The molecule has 0 saturated carbocycles. The second-order valence-corrected chi connectivity index (χ2v) is 7.07. The Balaban J connectivity index is 1.47. The van der Waals surface area contributed by atoms with E-state index in [0.717, 1.165) is 16.8 Å². The molecule has 0 aliphatic carbocycles. The van der Waals surface area contributed by atoms with Crippen LogP contribution in [0, 0.1) is 0 Å². The predicted octanol–water partition coefficient (Wildman–Crippen LogP) is 3.80. The second-order valence-electron chi connectivity index (χ2n) is 7.07. The van der Waals surface area contributed by atoms with Crippen molar-refractivity contribution in [2.75, 3.05) is 24.3 Å². The Labute approximate surface area is 176 Å². The number of carbonyl (C=O) groups excluding carboxylic acids is 2. The lowest BCUT2D eigenvalue weighted by atomic mass is 10.1. The summed E-state index contributed by atoms with van der Waals surface area (Å²) in [4.78, 5) is 31.6. The Hall–Kier alpha value is -3.64. The van der Waals surface area contributed by atoms with Crippen molar-refractivity contribution in [1.82, 2.24) is 5.48 Å². The van der Waals surface area contributed by atoms with Crippen molar-refractivity contribution >= 4 is 23.2 Å². The molecule has 3 aromatic carbocycles. The fraction of sp³-hybridized carbons (Fsp3) is 0.167. The van der Waals surface area contributed by atoms with Gasteiger partial charge in [0.25, 0.3) is 5.91 Å². The molecule has 30 heavy (non-hydrogen) atoms. The molecule has 6 nitrogen and oxygen atoms in total. The van der Waals surface area contributed by atoms with E-state index in [1.807, 2.05) is 73.6 Å². The van der Waals surface area contributed by atoms with Gasteiger partial charge in [-0.2, -0.15) is 0 Å². The molecule has 0 heterocycles. The molecule has 0 spiro atoms. The standard InChI is InChI=1S/C24H25N3O3/c1-27(2)22-14-10-20(11-15-22)24(29)25-21-12-8-18(9-13-21)16-23(28)26-30-17-19-6-4-3-5-7-19/h3-15H,16-17H2,1-2H3,(H,25,29)(H,26,28). The first-order valence-electron chi connectivity index (χ1n) is 9.63. The van der Waals surface area contributed by atoms with Gasteiger partial charge in [0.15, 0.2) is 0 Å². The van der Waals surface area contributed by atoms with Crippen molar-refractivity contribution in [2.24, 2.45) is 0 Å². The maximum atomic E-state index is 12.4. The third-order valence-corrected chi connectivity index (χ3v) is 4.49. The summed E-state index contributed by atoms with van der Waals surface area (Å²) in [5.41, 5.74) is 6.53. The second kappa shape index (κ2) is 10.2.